The maximum absolute atomic E-state index is 13.4. The van der Waals surface area contributed by atoms with Gasteiger partial charge in [0.1, 0.15) is 11.7 Å². The lowest BCUT2D eigenvalue weighted by Crippen LogP contribution is -2.81. The number of nitrogens with zero attached hydrogens (tertiary/aromatic N) is 2. The highest BCUT2D eigenvalue weighted by Gasteiger charge is 2.74. The van der Waals surface area contributed by atoms with Crippen molar-refractivity contribution in [3.05, 3.63) is 62.8 Å². The monoisotopic (exact) mass is 556 g/mol. The summed E-state index contributed by atoms with van der Waals surface area (Å²) >= 11 is 5.02. The number of aliphatic hydroxyl groups is 1. The number of aromatic hydroxyl groups is 1. The molecule has 2 aliphatic heterocycles. The van der Waals surface area contributed by atoms with Crippen LogP contribution < -0.4 is 4.74 Å². The fourth-order valence-corrected chi connectivity index (χ4v) is 8.69. The standard InChI is InChI=1S/C27H29BrN2O4S/c1-3-11-30-12-10-26-22-8-7-20(29(2)23(32)9-5-18-14-17(28)15-35-18)27(26,33)21(30)13-16-4-6-19(31)25(34-22)24(16)26/h3-6,9,14-15,20-22,31,33H,1,7-8,10-13H2,2H3/b9-5+/t20-,21-,22+,26-,27-/m1/s1. The summed E-state index contributed by atoms with van der Waals surface area (Å²) in [6.07, 6.45) is 7.79. The largest absolute Gasteiger partial charge is 0.504 e. The molecule has 2 aliphatic carbocycles. The molecule has 1 aromatic heterocycles. The van der Waals surface area contributed by atoms with Crippen LogP contribution in [0.25, 0.3) is 6.08 Å². The number of hydrogen-bond donors (Lipinski definition) is 2. The molecule has 6 nitrogen and oxygen atoms in total. The van der Waals surface area contributed by atoms with E-state index in [2.05, 4.69) is 27.4 Å². The maximum Gasteiger partial charge on any atom is 0.246 e. The van der Waals surface area contributed by atoms with Gasteiger partial charge in [0.15, 0.2) is 11.5 Å². The predicted octanol–water partition coefficient (Wildman–Crippen LogP) is 4.10. The average molecular weight is 558 g/mol. The second-order valence-corrected chi connectivity index (χ2v) is 12.0. The molecule has 1 amide bonds. The molecule has 4 aliphatic rings. The van der Waals surface area contributed by atoms with Gasteiger partial charge in [-0.05, 0) is 71.9 Å². The number of hydrogen-bond acceptors (Lipinski definition) is 6. The van der Waals surface area contributed by atoms with Crippen molar-refractivity contribution in [1.29, 1.82) is 0 Å². The number of rotatable bonds is 5. The number of carbonyl (C=O) groups is 1. The lowest BCUT2D eigenvalue weighted by atomic mass is 9.47. The molecule has 2 N–H and O–H groups in total. The van der Waals surface area contributed by atoms with Gasteiger partial charge in [-0.15, -0.1) is 17.9 Å². The lowest BCUT2D eigenvalue weighted by molar-refractivity contribution is -0.215. The van der Waals surface area contributed by atoms with Crippen LogP contribution in [0.2, 0.25) is 0 Å². The molecule has 35 heavy (non-hydrogen) atoms. The number of ether oxygens (including phenoxy) is 1. The van der Waals surface area contributed by atoms with Gasteiger partial charge in [-0.2, -0.15) is 0 Å². The van der Waals surface area contributed by atoms with Crippen molar-refractivity contribution in [2.24, 2.45) is 0 Å². The van der Waals surface area contributed by atoms with Gasteiger partial charge < -0.3 is 19.8 Å². The van der Waals surface area contributed by atoms with E-state index < -0.39 is 11.0 Å². The summed E-state index contributed by atoms with van der Waals surface area (Å²) in [5, 5.41) is 25.6. The molecule has 2 fully saturated rings. The summed E-state index contributed by atoms with van der Waals surface area (Å²) in [6.45, 7) is 5.43. The zero-order valence-electron chi connectivity index (χ0n) is 19.6. The van der Waals surface area contributed by atoms with Crippen LogP contribution in [0.5, 0.6) is 11.5 Å². The average Bonchev–Trinajstić information content (AvgIpc) is 3.40. The third-order valence-electron chi connectivity index (χ3n) is 8.72. The van der Waals surface area contributed by atoms with Gasteiger partial charge in [-0.25, -0.2) is 0 Å². The number of halogens is 1. The third kappa shape index (κ3) is 3.09. The Hall–Kier alpha value is -2.13. The van der Waals surface area contributed by atoms with Crippen LogP contribution in [-0.2, 0) is 16.6 Å². The number of likely N-dealkylation sites (N-methyl/N-ethyl adjacent to an activating group) is 1. The van der Waals surface area contributed by atoms with Crippen molar-refractivity contribution >= 4 is 39.2 Å². The number of phenolic OH excluding ortho intramolecular Hbond substituents is 1. The molecular formula is C27H29BrN2O4S. The van der Waals surface area contributed by atoms with Gasteiger partial charge in [0, 0.05) is 46.0 Å². The zero-order valence-corrected chi connectivity index (χ0v) is 22.0. The number of thiophene rings is 1. The highest BCUT2D eigenvalue weighted by molar-refractivity contribution is 9.10. The minimum Gasteiger partial charge on any atom is -0.504 e. The van der Waals surface area contributed by atoms with Gasteiger partial charge >= 0.3 is 0 Å². The Kier molecular flexibility index (Phi) is 5.45. The molecule has 3 heterocycles. The number of likely N-dealkylation sites (tertiary alicyclic amines) is 1. The van der Waals surface area contributed by atoms with Crippen molar-refractivity contribution < 1.29 is 19.7 Å². The second-order valence-electron chi connectivity index (χ2n) is 10.1. The summed E-state index contributed by atoms with van der Waals surface area (Å²) in [6, 6.07) is 5.10. The first-order valence-electron chi connectivity index (χ1n) is 12.1. The summed E-state index contributed by atoms with van der Waals surface area (Å²) < 4.78 is 7.39. The zero-order chi connectivity index (χ0) is 24.5. The maximum atomic E-state index is 13.4. The fourth-order valence-electron chi connectivity index (χ4n) is 7.35. The summed E-state index contributed by atoms with van der Waals surface area (Å²) in [5.41, 5.74) is 0.218. The van der Waals surface area contributed by atoms with E-state index in [0.29, 0.717) is 38.0 Å². The molecule has 6 rings (SSSR count). The smallest absolute Gasteiger partial charge is 0.246 e. The van der Waals surface area contributed by atoms with Crippen LogP contribution >= 0.6 is 27.3 Å². The van der Waals surface area contributed by atoms with E-state index in [-0.39, 0.29) is 29.8 Å². The van der Waals surface area contributed by atoms with Crippen molar-refractivity contribution in [2.45, 2.75) is 54.9 Å². The van der Waals surface area contributed by atoms with Gasteiger partial charge in [-0.1, -0.05) is 12.1 Å². The third-order valence-corrected chi connectivity index (χ3v) is 10.4. The second kappa shape index (κ2) is 8.20. The molecule has 0 unspecified atom stereocenters. The number of amides is 1. The van der Waals surface area contributed by atoms with Crippen molar-refractivity contribution in [3.63, 3.8) is 0 Å². The van der Waals surface area contributed by atoms with E-state index in [1.54, 1.807) is 35.4 Å². The Morgan fingerprint density at radius 1 is 1.43 bits per heavy atom. The van der Waals surface area contributed by atoms with Crippen LogP contribution in [0, 0.1) is 0 Å². The van der Waals surface area contributed by atoms with Crippen LogP contribution in [0.1, 0.15) is 35.3 Å². The van der Waals surface area contributed by atoms with Crippen LogP contribution in [0.4, 0.5) is 0 Å². The summed E-state index contributed by atoms with van der Waals surface area (Å²) in [4.78, 5) is 18.4. The van der Waals surface area contributed by atoms with Crippen LogP contribution in [-0.4, -0.2) is 69.8 Å². The van der Waals surface area contributed by atoms with Crippen molar-refractivity contribution in [3.8, 4) is 11.5 Å². The van der Waals surface area contributed by atoms with E-state index in [1.165, 1.54) is 0 Å². The number of carbonyl (C=O) groups excluding carboxylic acids is 1. The van der Waals surface area contributed by atoms with Crippen LogP contribution in [0.3, 0.4) is 0 Å². The minimum atomic E-state index is -1.21. The molecular weight excluding hydrogens is 528 g/mol. The molecule has 8 heteroatoms. The Morgan fingerprint density at radius 2 is 2.26 bits per heavy atom. The van der Waals surface area contributed by atoms with E-state index in [9.17, 15) is 15.0 Å². The SMILES string of the molecule is C=CCN1CC[C@]23c4c5ccc(O)c4O[C@H]2CC[C@@H](N(C)C(=O)/C=C/c2cc(Br)cs2)[C@@]3(O)[C@H]1C5. The van der Waals surface area contributed by atoms with Gasteiger partial charge in [0.2, 0.25) is 5.91 Å². The highest BCUT2D eigenvalue weighted by Crippen LogP contribution is 2.65. The van der Waals surface area contributed by atoms with Gasteiger partial charge in [0.25, 0.3) is 0 Å². The topological polar surface area (TPSA) is 73.2 Å². The molecule has 184 valence electrons. The Morgan fingerprint density at radius 3 is 3.00 bits per heavy atom. The molecule has 1 saturated heterocycles. The first-order chi connectivity index (χ1) is 16.8. The van der Waals surface area contributed by atoms with Crippen molar-refractivity contribution in [1.82, 2.24) is 9.80 Å². The Balaban J connectivity index is 1.44. The first kappa shape index (κ1) is 23.3. The van der Waals surface area contributed by atoms with E-state index in [4.69, 9.17) is 4.74 Å². The molecule has 1 spiro atoms. The lowest BCUT2D eigenvalue weighted by Gasteiger charge is -2.66. The molecule has 1 saturated carbocycles. The minimum absolute atomic E-state index is 0.128. The Labute approximate surface area is 217 Å². The Bertz CT molecular complexity index is 1240. The van der Waals surface area contributed by atoms with Gasteiger partial charge in [0.05, 0.1) is 11.5 Å². The summed E-state index contributed by atoms with van der Waals surface area (Å²) in [5.74, 6) is 0.532. The summed E-state index contributed by atoms with van der Waals surface area (Å²) in [7, 11) is 1.80. The quantitative estimate of drug-likeness (QED) is 0.428. The molecule has 5 atom stereocenters. The molecule has 2 aromatic rings. The number of benzene rings is 1. The van der Waals surface area contributed by atoms with E-state index in [0.717, 1.165) is 27.0 Å². The van der Waals surface area contributed by atoms with E-state index >= 15 is 0 Å². The fraction of sp³-hybridized carbons (Fsp3) is 0.444. The predicted molar refractivity (Wildman–Crippen MR) is 140 cm³/mol. The number of piperidine rings is 1. The normalized spacial score (nSPS) is 32.8. The number of phenols is 1. The molecule has 2 bridgehead atoms. The van der Waals surface area contributed by atoms with E-state index in [1.807, 2.05) is 29.7 Å². The van der Waals surface area contributed by atoms with Gasteiger partial charge in [-0.3, -0.25) is 9.69 Å². The van der Waals surface area contributed by atoms with Crippen LogP contribution in [0.15, 0.2) is 46.8 Å². The van der Waals surface area contributed by atoms with Crippen molar-refractivity contribution in [2.75, 3.05) is 20.1 Å². The molecule has 0 radical (unpaired) electrons. The highest BCUT2D eigenvalue weighted by atomic mass is 79.9. The molecule has 1 aromatic carbocycles. The first-order valence-corrected chi connectivity index (χ1v) is 13.8.